The van der Waals surface area contributed by atoms with Crippen LogP contribution in [0.25, 0.3) is 11.2 Å². The number of nitrogens with zero attached hydrogens (tertiary/aromatic N) is 4. The standard InChI is InChI=1S/C24H20ClN5O5/c1-2-35-23(33)15-7-9-17(10-8-15)28-19(31)14-29-21-20(26-11-12-27-21)22(32)30(24(29)34)13-16-5-3-4-6-18(16)25/h3-12H,2,13-14H2,1H3,(H,28,31). The van der Waals surface area contributed by atoms with E-state index in [0.29, 0.717) is 21.8 Å². The van der Waals surface area contributed by atoms with Gasteiger partial charge < -0.3 is 10.1 Å². The Morgan fingerprint density at radius 2 is 1.71 bits per heavy atom. The van der Waals surface area contributed by atoms with Crippen LogP contribution in [0.2, 0.25) is 5.02 Å². The van der Waals surface area contributed by atoms with Crippen molar-refractivity contribution in [2.24, 2.45) is 0 Å². The number of nitrogens with one attached hydrogen (secondary N) is 1. The maximum Gasteiger partial charge on any atom is 0.338 e. The molecule has 0 bridgehead atoms. The highest BCUT2D eigenvalue weighted by atomic mass is 35.5. The van der Waals surface area contributed by atoms with Crippen LogP contribution in [0.3, 0.4) is 0 Å². The van der Waals surface area contributed by atoms with E-state index in [1.165, 1.54) is 24.5 Å². The van der Waals surface area contributed by atoms with Crippen molar-refractivity contribution in [3.63, 3.8) is 0 Å². The van der Waals surface area contributed by atoms with Gasteiger partial charge in [-0.2, -0.15) is 0 Å². The van der Waals surface area contributed by atoms with Crippen molar-refractivity contribution in [3.05, 3.63) is 97.9 Å². The summed E-state index contributed by atoms with van der Waals surface area (Å²) in [6.07, 6.45) is 2.67. The molecular weight excluding hydrogens is 474 g/mol. The molecule has 0 fully saturated rings. The number of halogens is 1. The van der Waals surface area contributed by atoms with Crippen LogP contribution in [0, 0.1) is 0 Å². The van der Waals surface area contributed by atoms with Crippen molar-refractivity contribution >= 4 is 40.3 Å². The average Bonchev–Trinajstić information content (AvgIpc) is 2.86. The second kappa shape index (κ2) is 10.3. The second-order valence-electron chi connectivity index (χ2n) is 7.43. The van der Waals surface area contributed by atoms with E-state index in [1.807, 2.05) is 0 Å². The molecule has 1 N–H and O–H groups in total. The molecule has 0 atom stereocenters. The summed E-state index contributed by atoms with van der Waals surface area (Å²) >= 11 is 6.21. The molecule has 1 amide bonds. The van der Waals surface area contributed by atoms with Gasteiger partial charge in [0.1, 0.15) is 6.54 Å². The number of carbonyl (C=O) groups excluding carboxylic acids is 2. The zero-order valence-electron chi connectivity index (χ0n) is 18.6. The van der Waals surface area contributed by atoms with Crippen molar-refractivity contribution in [2.45, 2.75) is 20.0 Å². The number of benzene rings is 2. The first kappa shape index (κ1) is 23.8. The minimum Gasteiger partial charge on any atom is -0.462 e. The summed E-state index contributed by atoms with van der Waals surface area (Å²) in [4.78, 5) is 59.0. The monoisotopic (exact) mass is 493 g/mol. The van der Waals surface area contributed by atoms with Gasteiger partial charge in [-0.1, -0.05) is 29.8 Å². The predicted molar refractivity (Wildman–Crippen MR) is 130 cm³/mol. The summed E-state index contributed by atoms with van der Waals surface area (Å²) in [6.45, 7) is 1.44. The van der Waals surface area contributed by atoms with E-state index in [1.54, 1.807) is 43.3 Å². The van der Waals surface area contributed by atoms with Crippen LogP contribution in [0.4, 0.5) is 5.69 Å². The highest BCUT2D eigenvalue weighted by Gasteiger charge is 2.18. The minimum atomic E-state index is -0.726. The van der Waals surface area contributed by atoms with Gasteiger partial charge in [0.25, 0.3) is 5.56 Å². The highest BCUT2D eigenvalue weighted by molar-refractivity contribution is 6.31. The summed E-state index contributed by atoms with van der Waals surface area (Å²) in [5, 5.41) is 3.06. The molecule has 2 aromatic heterocycles. The lowest BCUT2D eigenvalue weighted by atomic mass is 10.2. The Kier molecular flexibility index (Phi) is 7.02. The van der Waals surface area contributed by atoms with Crippen LogP contribution >= 0.6 is 11.6 Å². The van der Waals surface area contributed by atoms with Gasteiger partial charge in [-0.25, -0.2) is 19.6 Å². The Hall–Kier alpha value is -4.31. The van der Waals surface area contributed by atoms with E-state index < -0.39 is 29.7 Å². The van der Waals surface area contributed by atoms with E-state index in [-0.39, 0.29) is 24.3 Å². The van der Waals surface area contributed by atoms with Crippen molar-refractivity contribution in [1.82, 2.24) is 19.1 Å². The maximum atomic E-state index is 13.3. The molecular formula is C24H20ClN5O5. The molecule has 0 unspecified atom stereocenters. The van der Waals surface area contributed by atoms with Gasteiger partial charge in [0.2, 0.25) is 5.91 Å². The molecule has 0 radical (unpaired) electrons. The van der Waals surface area contributed by atoms with Crippen LogP contribution in [-0.4, -0.2) is 37.6 Å². The van der Waals surface area contributed by atoms with E-state index in [4.69, 9.17) is 16.3 Å². The zero-order valence-corrected chi connectivity index (χ0v) is 19.4. The third kappa shape index (κ3) is 5.12. The quantitative estimate of drug-likeness (QED) is 0.392. The summed E-state index contributed by atoms with van der Waals surface area (Å²) in [5.41, 5.74) is -0.101. The molecule has 0 aliphatic carbocycles. The summed E-state index contributed by atoms with van der Waals surface area (Å²) in [5.74, 6) is -1.01. The number of rotatable bonds is 7. The molecule has 11 heteroatoms. The largest absolute Gasteiger partial charge is 0.462 e. The molecule has 178 valence electrons. The number of hydrogen-bond acceptors (Lipinski definition) is 7. The van der Waals surface area contributed by atoms with Crippen molar-refractivity contribution < 1.29 is 14.3 Å². The lowest BCUT2D eigenvalue weighted by Gasteiger charge is -2.13. The summed E-state index contributed by atoms with van der Waals surface area (Å²) in [7, 11) is 0. The van der Waals surface area contributed by atoms with E-state index >= 15 is 0 Å². The maximum absolute atomic E-state index is 13.3. The number of esters is 1. The van der Waals surface area contributed by atoms with E-state index in [2.05, 4.69) is 15.3 Å². The topological polar surface area (TPSA) is 125 Å². The first-order valence-electron chi connectivity index (χ1n) is 10.6. The Labute approximate surface area is 203 Å². The number of ether oxygens (including phenoxy) is 1. The fourth-order valence-corrected chi connectivity index (χ4v) is 3.65. The number of hydrogen-bond donors (Lipinski definition) is 1. The summed E-state index contributed by atoms with van der Waals surface area (Å²) in [6, 6.07) is 13.0. The smallest absolute Gasteiger partial charge is 0.338 e. The molecule has 0 spiro atoms. The van der Waals surface area contributed by atoms with Crippen LogP contribution in [0.5, 0.6) is 0 Å². The van der Waals surface area contributed by atoms with E-state index in [9.17, 15) is 19.2 Å². The Morgan fingerprint density at radius 3 is 2.43 bits per heavy atom. The normalized spacial score (nSPS) is 10.8. The van der Waals surface area contributed by atoms with Gasteiger partial charge in [-0.3, -0.25) is 18.7 Å². The Bertz CT molecular complexity index is 1530. The molecule has 0 aliphatic heterocycles. The number of aromatic nitrogens is 4. The molecule has 4 aromatic rings. The number of fused-ring (bicyclic) bond motifs is 1. The van der Waals surface area contributed by atoms with Gasteiger partial charge in [-0.05, 0) is 42.8 Å². The van der Waals surface area contributed by atoms with Crippen LogP contribution < -0.4 is 16.6 Å². The molecule has 0 saturated heterocycles. The lowest BCUT2D eigenvalue weighted by molar-refractivity contribution is -0.116. The number of carbonyl (C=O) groups is 2. The van der Waals surface area contributed by atoms with Gasteiger partial charge in [0.05, 0.1) is 18.7 Å². The third-order valence-electron chi connectivity index (χ3n) is 5.11. The second-order valence-corrected chi connectivity index (χ2v) is 7.83. The fourth-order valence-electron chi connectivity index (χ4n) is 3.46. The molecule has 35 heavy (non-hydrogen) atoms. The number of anilines is 1. The van der Waals surface area contributed by atoms with Gasteiger partial charge in [0.15, 0.2) is 11.2 Å². The average molecular weight is 494 g/mol. The van der Waals surface area contributed by atoms with Crippen LogP contribution in [-0.2, 0) is 22.6 Å². The number of amides is 1. The SMILES string of the molecule is CCOC(=O)c1ccc(NC(=O)Cn2c(=O)n(Cc3ccccc3Cl)c(=O)c3nccnc32)cc1. The first-order chi connectivity index (χ1) is 16.9. The molecule has 2 heterocycles. The van der Waals surface area contributed by atoms with Gasteiger partial charge >= 0.3 is 11.7 Å². The predicted octanol–water partition coefficient (Wildman–Crippen LogP) is 2.47. The van der Waals surface area contributed by atoms with Crippen LogP contribution in [0.1, 0.15) is 22.8 Å². The first-order valence-corrected chi connectivity index (χ1v) is 11.0. The van der Waals surface area contributed by atoms with Gasteiger partial charge in [-0.15, -0.1) is 0 Å². The summed E-state index contributed by atoms with van der Waals surface area (Å²) < 4.78 is 7.00. The Balaban J connectivity index is 1.65. The van der Waals surface area contributed by atoms with Crippen LogP contribution in [0.15, 0.2) is 70.5 Å². The van der Waals surface area contributed by atoms with Crippen molar-refractivity contribution in [3.8, 4) is 0 Å². The zero-order chi connectivity index (χ0) is 24.9. The Morgan fingerprint density at radius 1 is 1.00 bits per heavy atom. The molecule has 2 aromatic carbocycles. The third-order valence-corrected chi connectivity index (χ3v) is 5.48. The minimum absolute atomic E-state index is 0.00859. The molecule has 0 aliphatic rings. The van der Waals surface area contributed by atoms with E-state index in [0.717, 1.165) is 9.13 Å². The van der Waals surface area contributed by atoms with Crippen molar-refractivity contribution in [1.29, 1.82) is 0 Å². The van der Waals surface area contributed by atoms with Crippen molar-refractivity contribution in [2.75, 3.05) is 11.9 Å². The fraction of sp³-hybridized carbons (Fsp3) is 0.167. The molecule has 10 nitrogen and oxygen atoms in total. The lowest BCUT2D eigenvalue weighted by Crippen LogP contribution is -2.42. The highest BCUT2D eigenvalue weighted by Crippen LogP contribution is 2.15. The van der Waals surface area contributed by atoms with Gasteiger partial charge in [0, 0.05) is 23.1 Å². The molecule has 0 saturated carbocycles. The molecule has 4 rings (SSSR count).